The smallest absolute Gasteiger partial charge is 0.207 e. The lowest BCUT2D eigenvalue weighted by atomic mass is 9.75. The van der Waals surface area contributed by atoms with Crippen LogP contribution in [0.25, 0.3) is 11.6 Å². The van der Waals surface area contributed by atoms with Crippen molar-refractivity contribution in [3.05, 3.63) is 113 Å². The van der Waals surface area contributed by atoms with Gasteiger partial charge in [-0.25, -0.2) is 8.42 Å². The molecule has 33 heavy (non-hydrogen) atoms. The molecule has 168 valence electrons. The van der Waals surface area contributed by atoms with Crippen molar-refractivity contribution in [2.75, 3.05) is 6.54 Å². The quantitative estimate of drug-likeness (QED) is 0.475. The van der Waals surface area contributed by atoms with Crippen molar-refractivity contribution in [3.8, 4) is 0 Å². The minimum Gasteiger partial charge on any atom is -0.207 e. The molecule has 1 heterocycles. The van der Waals surface area contributed by atoms with E-state index in [1.807, 2.05) is 49.4 Å². The van der Waals surface area contributed by atoms with E-state index in [9.17, 15) is 8.42 Å². The molecule has 0 spiro atoms. The van der Waals surface area contributed by atoms with Crippen LogP contribution in [-0.4, -0.2) is 25.3 Å². The molecule has 0 N–H and O–H groups in total. The molecule has 0 unspecified atom stereocenters. The van der Waals surface area contributed by atoms with Crippen molar-refractivity contribution < 1.29 is 8.42 Å². The van der Waals surface area contributed by atoms with Crippen molar-refractivity contribution in [1.29, 1.82) is 0 Å². The highest BCUT2D eigenvalue weighted by molar-refractivity contribution is 7.89. The molecule has 3 aromatic carbocycles. The van der Waals surface area contributed by atoms with E-state index in [0.717, 1.165) is 24.0 Å². The number of fused-ring (bicyclic) bond motifs is 2. The molecule has 0 amide bonds. The van der Waals surface area contributed by atoms with Gasteiger partial charge in [0.05, 0.1) is 10.9 Å². The summed E-state index contributed by atoms with van der Waals surface area (Å²) in [5, 5.41) is 0. The van der Waals surface area contributed by atoms with Crippen molar-refractivity contribution in [2.24, 2.45) is 5.92 Å². The molecule has 1 aliphatic carbocycles. The van der Waals surface area contributed by atoms with Crippen molar-refractivity contribution in [2.45, 2.75) is 37.6 Å². The molecule has 0 aromatic heterocycles. The van der Waals surface area contributed by atoms with E-state index in [1.54, 1.807) is 16.4 Å². The zero-order valence-corrected chi connectivity index (χ0v) is 19.9. The maximum atomic E-state index is 13.9. The van der Waals surface area contributed by atoms with Crippen molar-refractivity contribution >= 4 is 21.7 Å². The fraction of sp³-hybridized carbons (Fsp3) is 0.241. The SMILES string of the molecule is Cc1ccc(S(=O)(=O)N2C[C@H](C)C3=C(CCc4ccccc43)[C@H]2/C=C/c2ccccc2)cc1. The lowest BCUT2D eigenvalue weighted by molar-refractivity contribution is 0.341. The number of hydrogen-bond acceptors (Lipinski definition) is 2. The maximum absolute atomic E-state index is 13.9. The molecule has 4 heteroatoms. The molecule has 0 fully saturated rings. The Bertz CT molecular complexity index is 1320. The molecule has 0 saturated heterocycles. The number of benzene rings is 3. The average Bonchev–Trinajstić information content (AvgIpc) is 2.84. The van der Waals surface area contributed by atoms with Gasteiger partial charge in [0.25, 0.3) is 0 Å². The fourth-order valence-electron chi connectivity index (χ4n) is 5.19. The first-order valence-electron chi connectivity index (χ1n) is 11.6. The average molecular weight is 456 g/mol. The molecule has 2 atom stereocenters. The summed E-state index contributed by atoms with van der Waals surface area (Å²) < 4.78 is 29.4. The van der Waals surface area contributed by atoms with Crippen LogP contribution >= 0.6 is 0 Å². The van der Waals surface area contributed by atoms with Crippen LogP contribution in [-0.2, 0) is 16.4 Å². The zero-order chi connectivity index (χ0) is 23.0. The summed E-state index contributed by atoms with van der Waals surface area (Å²) in [6.07, 6.45) is 5.95. The topological polar surface area (TPSA) is 37.4 Å². The standard InChI is InChI=1S/C29H29NO2S/c1-21-12-16-25(17-13-21)33(31,32)30-20-22(2)29-26-11-7-6-10-24(26)15-18-27(29)28(30)19-14-23-8-4-3-5-9-23/h3-14,16-17,19,22,28H,15,18,20H2,1-2H3/b19-14+/t22-,28+/m0/s1. The van der Waals surface area contributed by atoms with E-state index in [1.165, 1.54) is 22.3 Å². The number of aryl methyl sites for hydroxylation is 2. The Balaban J connectivity index is 1.64. The van der Waals surface area contributed by atoms with Gasteiger partial charge in [-0.3, -0.25) is 0 Å². The second-order valence-corrected chi connectivity index (χ2v) is 11.0. The van der Waals surface area contributed by atoms with Crippen LogP contribution in [0.2, 0.25) is 0 Å². The Morgan fingerprint density at radius 2 is 1.58 bits per heavy atom. The zero-order valence-electron chi connectivity index (χ0n) is 19.1. The van der Waals surface area contributed by atoms with Crippen molar-refractivity contribution in [3.63, 3.8) is 0 Å². The van der Waals surface area contributed by atoms with E-state index in [0.29, 0.717) is 11.4 Å². The van der Waals surface area contributed by atoms with Gasteiger partial charge in [-0.05, 0) is 65.7 Å². The molecule has 0 saturated carbocycles. The van der Waals surface area contributed by atoms with Crippen LogP contribution < -0.4 is 0 Å². The normalized spacial score (nSPS) is 21.2. The highest BCUT2D eigenvalue weighted by Gasteiger charge is 2.41. The van der Waals surface area contributed by atoms with Gasteiger partial charge in [0.15, 0.2) is 0 Å². The van der Waals surface area contributed by atoms with Gasteiger partial charge in [-0.15, -0.1) is 0 Å². The van der Waals surface area contributed by atoms with Gasteiger partial charge in [-0.2, -0.15) is 4.31 Å². The van der Waals surface area contributed by atoms with E-state index < -0.39 is 10.0 Å². The first-order valence-corrected chi connectivity index (χ1v) is 13.0. The molecule has 0 bridgehead atoms. The monoisotopic (exact) mass is 455 g/mol. The molecular weight excluding hydrogens is 426 g/mol. The minimum absolute atomic E-state index is 0.128. The third kappa shape index (κ3) is 4.09. The van der Waals surface area contributed by atoms with Crippen LogP contribution in [0.1, 0.15) is 35.6 Å². The van der Waals surface area contributed by atoms with Gasteiger partial charge in [0.2, 0.25) is 10.0 Å². The van der Waals surface area contributed by atoms with Gasteiger partial charge >= 0.3 is 0 Å². The molecule has 5 rings (SSSR count). The number of nitrogens with zero attached hydrogens (tertiary/aromatic N) is 1. The lowest BCUT2D eigenvalue weighted by Gasteiger charge is -2.42. The first-order chi connectivity index (χ1) is 15.9. The summed E-state index contributed by atoms with van der Waals surface area (Å²) in [6, 6.07) is 25.6. The van der Waals surface area contributed by atoms with Gasteiger partial charge in [0, 0.05) is 6.54 Å². The van der Waals surface area contributed by atoms with Gasteiger partial charge < -0.3 is 0 Å². The van der Waals surface area contributed by atoms with Crippen LogP contribution in [0.4, 0.5) is 0 Å². The molecule has 2 aliphatic rings. The largest absolute Gasteiger partial charge is 0.243 e. The Morgan fingerprint density at radius 1 is 0.879 bits per heavy atom. The fourth-order valence-corrected chi connectivity index (χ4v) is 6.85. The van der Waals surface area contributed by atoms with Crippen LogP contribution in [0.15, 0.2) is 95.4 Å². The van der Waals surface area contributed by atoms with Gasteiger partial charge in [0.1, 0.15) is 0 Å². The van der Waals surface area contributed by atoms with E-state index in [4.69, 9.17) is 0 Å². The summed E-state index contributed by atoms with van der Waals surface area (Å²) >= 11 is 0. The highest BCUT2D eigenvalue weighted by Crippen LogP contribution is 2.44. The molecule has 1 aliphatic heterocycles. The molecular formula is C29H29NO2S. The van der Waals surface area contributed by atoms with Crippen LogP contribution in [0.5, 0.6) is 0 Å². The van der Waals surface area contributed by atoms with E-state index in [2.05, 4.69) is 43.3 Å². The third-order valence-electron chi connectivity index (χ3n) is 6.83. The Morgan fingerprint density at radius 3 is 2.33 bits per heavy atom. The third-order valence-corrected chi connectivity index (χ3v) is 8.69. The van der Waals surface area contributed by atoms with Crippen LogP contribution in [0.3, 0.4) is 0 Å². The second-order valence-electron chi connectivity index (χ2n) is 9.10. The maximum Gasteiger partial charge on any atom is 0.243 e. The van der Waals surface area contributed by atoms with Crippen LogP contribution in [0, 0.1) is 12.8 Å². The molecule has 3 aromatic rings. The summed E-state index contributed by atoms with van der Waals surface area (Å²) in [4.78, 5) is 0.360. The lowest BCUT2D eigenvalue weighted by Crippen LogP contribution is -2.47. The first kappa shape index (κ1) is 21.9. The van der Waals surface area contributed by atoms with E-state index in [-0.39, 0.29) is 12.0 Å². The van der Waals surface area contributed by atoms with E-state index >= 15 is 0 Å². The summed E-state index contributed by atoms with van der Waals surface area (Å²) in [6.45, 7) is 4.60. The summed E-state index contributed by atoms with van der Waals surface area (Å²) in [5.41, 5.74) is 7.34. The van der Waals surface area contributed by atoms with Gasteiger partial charge in [-0.1, -0.05) is 91.4 Å². The Labute approximate surface area is 197 Å². The summed E-state index contributed by atoms with van der Waals surface area (Å²) in [7, 11) is -3.65. The number of sulfonamides is 1. The highest BCUT2D eigenvalue weighted by atomic mass is 32.2. The summed E-state index contributed by atoms with van der Waals surface area (Å²) in [5.74, 6) is 0.128. The minimum atomic E-state index is -3.65. The van der Waals surface area contributed by atoms with Crippen molar-refractivity contribution in [1.82, 2.24) is 4.31 Å². The number of rotatable bonds is 4. The Kier molecular flexibility index (Phi) is 5.81. The number of hydrogen-bond donors (Lipinski definition) is 0. The molecule has 3 nitrogen and oxygen atoms in total. The predicted octanol–water partition coefficient (Wildman–Crippen LogP) is 6.12. The Hall–Kier alpha value is -2.95. The molecule has 0 radical (unpaired) electrons. The second kappa shape index (κ2) is 8.77. The predicted molar refractivity (Wildman–Crippen MR) is 135 cm³/mol.